The number of hydrogen-bond acceptors (Lipinski definition) is 3. The molecule has 0 fully saturated rings. The van der Waals surface area contributed by atoms with Crippen LogP contribution in [-0.2, 0) is 0 Å². The van der Waals surface area contributed by atoms with Crippen LogP contribution in [0, 0.1) is 6.92 Å². The van der Waals surface area contributed by atoms with Gasteiger partial charge in [0.25, 0.3) is 5.91 Å². The van der Waals surface area contributed by atoms with Gasteiger partial charge in [0.2, 0.25) is 0 Å². The molecule has 3 rings (SSSR count). The second kappa shape index (κ2) is 7.06. The minimum absolute atomic E-state index is 0.223. The molecule has 0 spiro atoms. The maximum atomic E-state index is 12.1. The van der Waals surface area contributed by atoms with E-state index in [2.05, 4.69) is 15.7 Å². The quantitative estimate of drug-likeness (QED) is 0.721. The number of benzene rings is 2. The van der Waals surface area contributed by atoms with Crippen LogP contribution >= 0.6 is 12.2 Å². The van der Waals surface area contributed by atoms with Crippen molar-refractivity contribution in [1.29, 1.82) is 0 Å². The van der Waals surface area contributed by atoms with Gasteiger partial charge in [0, 0.05) is 11.6 Å². The first-order chi connectivity index (χ1) is 11.6. The van der Waals surface area contributed by atoms with Crippen molar-refractivity contribution in [1.82, 2.24) is 15.1 Å². The van der Waals surface area contributed by atoms with Crippen LogP contribution in [0.15, 0.2) is 66.7 Å². The third-order valence-corrected chi connectivity index (χ3v) is 3.54. The van der Waals surface area contributed by atoms with Crippen LogP contribution in [0.4, 0.5) is 5.82 Å². The van der Waals surface area contributed by atoms with Gasteiger partial charge in [0.1, 0.15) is 5.82 Å². The highest BCUT2D eigenvalue weighted by Crippen LogP contribution is 2.16. The third-order valence-electron chi connectivity index (χ3n) is 3.34. The van der Waals surface area contributed by atoms with Crippen LogP contribution in [0.25, 0.3) is 5.69 Å². The normalized spacial score (nSPS) is 10.2. The Bertz CT molecular complexity index is 859. The number of aromatic nitrogens is 2. The molecule has 1 aromatic heterocycles. The van der Waals surface area contributed by atoms with Crippen molar-refractivity contribution in [3.63, 3.8) is 0 Å². The summed E-state index contributed by atoms with van der Waals surface area (Å²) >= 11 is 5.25. The standard InChI is InChI=1S/C18H16N4OS/c1-13-12-16(22(21-13)15-10-6-3-7-11-15)19-18(24)20-17(23)14-8-4-2-5-9-14/h2-12H,1H3,(H2,19,20,23,24). The fourth-order valence-electron chi connectivity index (χ4n) is 2.27. The van der Waals surface area contributed by atoms with Gasteiger partial charge >= 0.3 is 0 Å². The van der Waals surface area contributed by atoms with E-state index < -0.39 is 0 Å². The summed E-state index contributed by atoms with van der Waals surface area (Å²) in [6.45, 7) is 1.90. The summed E-state index contributed by atoms with van der Waals surface area (Å²) in [5.41, 5.74) is 2.30. The summed E-state index contributed by atoms with van der Waals surface area (Å²) in [4.78, 5) is 12.1. The molecule has 2 N–H and O–H groups in total. The van der Waals surface area contributed by atoms with Crippen LogP contribution in [0.2, 0.25) is 0 Å². The maximum Gasteiger partial charge on any atom is 0.257 e. The number of rotatable bonds is 3. The summed E-state index contributed by atoms with van der Waals surface area (Å²) in [5, 5.41) is 10.4. The van der Waals surface area contributed by atoms with Gasteiger partial charge in [0.15, 0.2) is 5.11 Å². The highest BCUT2D eigenvalue weighted by atomic mass is 32.1. The van der Waals surface area contributed by atoms with Gasteiger partial charge in [-0.2, -0.15) is 5.10 Å². The molecular formula is C18H16N4OS. The van der Waals surface area contributed by atoms with Crippen LogP contribution in [0.5, 0.6) is 0 Å². The number of nitrogens with zero attached hydrogens (tertiary/aromatic N) is 2. The average Bonchev–Trinajstić information content (AvgIpc) is 2.96. The predicted molar refractivity (Wildman–Crippen MR) is 98.4 cm³/mol. The molecule has 0 atom stereocenters. The van der Waals surface area contributed by atoms with Crippen molar-refractivity contribution in [2.75, 3.05) is 5.32 Å². The van der Waals surface area contributed by atoms with E-state index in [4.69, 9.17) is 12.2 Å². The van der Waals surface area contributed by atoms with E-state index in [1.54, 1.807) is 28.9 Å². The Morgan fingerprint density at radius 1 is 1.04 bits per heavy atom. The molecule has 120 valence electrons. The minimum Gasteiger partial charge on any atom is -0.317 e. The van der Waals surface area contributed by atoms with E-state index in [0.29, 0.717) is 11.4 Å². The Hall–Kier alpha value is -2.99. The monoisotopic (exact) mass is 336 g/mol. The first kappa shape index (κ1) is 15.9. The second-order valence-corrected chi connectivity index (χ2v) is 5.60. The van der Waals surface area contributed by atoms with E-state index in [1.165, 1.54) is 0 Å². The van der Waals surface area contributed by atoms with Crippen molar-refractivity contribution in [2.45, 2.75) is 6.92 Å². The molecule has 0 aliphatic carbocycles. The van der Waals surface area contributed by atoms with E-state index in [1.807, 2.05) is 49.4 Å². The zero-order valence-corrected chi connectivity index (χ0v) is 13.9. The number of para-hydroxylation sites is 1. The van der Waals surface area contributed by atoms with Gasteiger partial charge in [-0.25, -0.2) is 4.68 Å². The molecule has 0 radical (unpaired) electrons. The molecule has 0 unspecified atom stereocenters. The molecule has 0 saturated heterocycles. The first-order valence-electron chi connectivity index (χ1n) is 7.43. The van der Waals surface area contributed by atoms with Crippen molar-refractivity contribution < 1.29 is 4.79 Å². The molecule has 0 bridgehead atoms. The number of nitrogens with one attached hydrogen (secondary N) is 2. The summed E-state index contributed by atoms with van der Waals surface area (Å²) in [7, 11) is 0. The first-order valence-corrected chi connectivity index (χ1v) is 7.84. The lowest BCUT2D eigenvalue weighted by molar-refractivity contribution is 0.0977. The Morgan fingerprint density at radius 2 is 1.67 bits per heavy atom. The SMILES string of the molecule is Cc1cc(NC(=S)NC(=O)c2ccccc2)n(-c2ccccc2)n1. The van der Waals surface area contributed by atoms with Gasteiger partial charge in [-0.05, 0) is 43.4 Å². The fraction of sp³-hybridized carbons (Fsp3) is 0.0556. The van der Waals surface area contributed by atoms with Crippen molar-refractivity contribution in [3.05, 3.63) is 78.0 Å². The number of hydrogen-bond donors (Lipinski definition) is 2. The van der Waals surface area contributed by atoms with Gasteiger partial charge in [-0.3, -0.25) is 10.1 Å². The van der Waals surface area contributed by atoms with E-state index >= 15 is 0 Å². The molecular weight excluding hydrogens is 320 g/mol. The summed E-state index contributed by atoms with van der Waals surface area (Å²) in [6, 6.07) is 20.5. The number of carbonyl (C=O) groups excluding carboxylic acids is 1. The van der Waals surface area contributed by atoms with Crippen molar-refractivity contribution in [2.24, 2.45) is 0 Å². The topological polar surface area (TPSA) is 58.9 Å². The van der Waals surface area contributed by atoms with Gasteiger partial charge in [-0.15, -0.1) is 0 Å². The van der Waals surface area contributed by atoms with Crippen LogP contribution < -0.4 is 10.6 Å². The van der Waals surface area contributed by atoms with Crippen LogP contribution in [0.1, 0.15) is 16.1 Å². The number of anilines is 1. The Kier molecular flexibility index (Phi) is 4.67. The van der Waals surface area contributed by atoms with Crippen molar-refractivity contribution in [3.8, 4) is 5.69 Å². The molecule has 2 aromatic carbocycles. The summed E-state index contributed by atoms with van der Waals surface area (Å²) < 4.78 is 1.75. The zero-order chi connectivity index (χ0) is 16.9. The second-order valence-electron chi connectivity index (χ2n) is 5.19. The number of amides is 1. The Labute approximate surface area is 145 Å². The molecule has 3 aromatic rings. The molecule has 1 amide bonds. The molecule has 24 heavy (non-hydrogen) atoms. The fourth-order valence-corrected chi connectivity index (χ4v) is 2.46. The minimum atomic E-state index is -0.254. The number of thiocarbonyl (C=S) groups is 1. The highest BCUT2D eigenvalue weighted by molar-refractivity contribution is 7.80. The maximum absolute atomic E-state index is 12.1. The van der Waals surface area contributed by atoms with Gasteiger partial charge in [-0.1, -0.05) is 36.4 Å². The van der Waals surface area contributed by atoms with Crippen molar-refractivity contribution >= 4 is 29.1 Å². The third kappa shape index (κ3) is 3.67. The molecule has 1 heterocycles. The lowest BCUT2D eigenvalue weighted by atomic mass is 10.2. The van der Waals surface area contributed by atoms with E-state index in [0.717, 1.165) is 11.4 Å². The molecule has 6 heteroatoms. The molecule has 0 saturated carbocycles. The molecule has 0 aliphatic heterocycles. The lowest BCUT2D eigenvalue weighted by Gasteiger charge is -2.11. The average molecular weight is 336 g/mol. The van der Waals surface area contributed by atoms with E-state index in [-0.39, 0.29) is 11.0 Å². The summed E-state index contributed by atoms with van der Waals surface area (Å²) in [5.74, 6) is 0.438. The van der Waals surface area contributed by atoms with E-state index in [9.17, 15) is 4.79 Å². The largest absolute Gasteiger partial charge is 0.317 e. The Morgan fingerprint density at radius 3 is 2.33 bits per heavy atom. The smallest absolute Gasteiger partial charge is 0.257 e. The summed E-state index contributed by atoms with van der Waals surface area (Å²) in [6.07, 6.45) is 0. The number of aryl methyl sites for hydroxylation is 1. The van der Waals surface area contributed by atoms with Crippen LogP contribution in [0.3, 0.4) is 0 Å². The number of carbonyl (C=O) groups is 1. The predicted octanol–water partition coefficient (Wildman–Crippen LogP) is 3.31. The van der Waals surface area contributed by atoms with Crippen LogP contribution in [-0.4, -0.2) is 20.8 Å². The zero-order valence-electron chi connectivity index (χ0n) is 13.1. The molecule has 0 aliphatic rings. The highest BCUT2D eigenvalue weighted by Gasteiger charge is 2.11. The van der Waals surface area contributed by atoms with Gasteiger partial charge < -0.3 is 5.32 Å². The lowest BCUT2D eigenvalue weighted by Crippen LogP contribution is -2.34. The van der Waals surface area contributed by atoms with Gasteiger partial charge in [0.05, 0.1) is 11.4 Å². The molecule has 5 nitrogen and oxygen atoms in total. The Balaban J connectivity index is 1.75.